The molecule has 1 N–H and O–H groups in total. The highest BCUT2D eigenvalue weighted by molar-refractivity contribution is 8.00. The summed E-state index contributed by atoms with van der Waals surface area (Å²) in [5.41, 5.74) is 1.25. The average Bonchev–Trinajstić information content (AvgIpc) is 3.33. The van der Waals surface area contributed by atoms with E-state index in [4.69, 9.17) is 9.26 Å². The number of nitrogens with zero attached hydrogens (tertiary/aromatic N) is 4. The number of amides is 1. The minimum Gasteiger partial charge on any atom is -0.457 e. The first-order valence-corrected chi connectivity index (χ1v) is 12.6. The molecule has 0 atom stereocenters. The van der Waals surface area contributed by atoms with Crippen LogP contribution in [0.1, 0.15) is 18.5 Å². The van der Waals surface area contributed by atoms with Crippen LogP contribution in [0.25, 0.3) is 11.0 Å². The summed E-state index contributed by atoms with van der Waals surface area (Å²) in [5.74, 6) is 0.647. The topological polar surface area (TPSA) is 137 Å². The molecule has 0 spiro atoms. The van der Waals surface area contributed by atoms with Gasteiger partial charge < -0.3 is 19.1 Å². The first-order valence-electron chi connectivity index (χ1n) is 10.00. The summed E-state index contributed by atoms with van der Waals surface area (Å²) in [6, 6.07) is 6.32. The van der Waals surface area contributed by atoms with E-state index in [1.807, 2.05) is 11.5 Å². The Bertz CT molecular complexity index is 1270. The number of anilines is 1. The smallest absolute Gasteiger partial charge is 0.316 e. The third-order valence-corrected chi connectivity index (χ3v) is 7.32. The van der Waals surface area contributed by atoms with E-state index in [1.165, 1.54) is 26.2 Å². The molecule has 1 amide bonds. The number of hydrogen-bond donors (Lipinski definition) is 1. The molecule has 0 saturated carbocycles. The van der Waals surface area contributed by atoms with Gasteiger partial charge in [0.1, 0.15) is 18.2 Å². The van der Waals surface area contributed by atoms with Gasteiger partial charge in [0.05, 0.1) is 27.4 Å². The van der Waals surface area contributed by atoms with Gasteiger partial charge in [0.15, 0.2) is 5.82 Å². The summed E-state index contributed by atoms with van der Waals surface area (Å²) in [6.45, 7) is 4.13. The van der Waals surface area contributed by atoms with E-state index in [1.54, 1.807) is 19.1 Å². The second-order valence-corrected chi connectivity index (χ2v) is 10.4. The zero-order valence-electron chi connectivity index (χ0n) is 18.7. The molecule has 0 saturated heterocycles. The van der Waals surface area contributed by atoms with Crippen molar-refractivity contribution < 1.29 is 27.3 Å². The highest BCUT2D eigenvalue weighted by Crippen LogP contribution is 2.22. The largest absolute Gasteiger partial charge is 0.457 e. The molecule has 33 heavy (non-hydrogen) atoms. The highest BCUT2D eigenvalue weighted by Gasteiger charge is 2.20. The van der Waals surface area contributed by atoms with Crippen LogP contribution in [0.2, 0.25) is 0 Å². The van der Waals surface area contributed by atoms with Crippen molar-refractivity contribution in [2.75, 3.05) is 30.9 Å². The molecule has 0 bridgehead atoms. The van der Waals surface area contributed by atoms with Crippen molar-refractivity contribution in [2.24, 2.45) is 0 Å². The molecule has 13 heteroatoms. The van der Waals surface area contributed by atoms with Crippen LogP contribution in [0.15, 0.2) is 33.7 Å². The van der Waals surface area contributed by atoms with Gasteiger partial charge in [-0.1, -0.05) is 5.16 Å². The lowest BCUT2D eigenvalue weighted by atomic mass is 10.3. The molecule has 0 radical (unpaired) electrons. The summed E-state index contributed by atoms with van der Waals surface area (Å²) >= 11 is 1.11. The fourth-order valence-corrected chi connectivity index (χ4v) is 4.54. The Morgan fingerprint density at radius 1 is 1.24 bits per heavy atom. The first kappa shape index (κ1) is 24.7. The molecule has 0 unspecified atom stereocenters. The van der Waals surface area contributed by atoms with Crippen LogP contribution in [0, 0.1) is 6.92 Å². The Labute approximate surface area is 195 Å². The van der Waals surface area contributed by atoms with Crippen molar-refractivity contribution in [3.05, 3.63) is 35.9 Å². The maximum absolute atomic E-state index is 12.4. The minimum atomic E-state index is -3.59. The van der Waals surface area contributed by atoms with E-state index in [2.05, 4.69) is 15.5 Å². The molecule has 178 valence electrons. The van der Waals surface area contributed by atoms with E-state index in [9.17, 15) is 18.0 Å². The number of esters is 1. The number of carbonyl (C=O) groups is 2. The van der Waals surface area contributed by atoms with Gasteiger partial charge in [-0.05, 0) is 32.0 Å². The summed E-state index contributed by atoms with van der Waals surface area (Å²) in [4.78, 5) is 28.6. The summed E-state index contributed by atoms with van der Waals surface area (Å²) < 4.78 is 37.9. The molecule has 0 aliphatic heterocycles. The maximum atomic E-state index is 12.4. The van der Waals surface area contributed by atoms with Gasteiger partial charge in [-0.15, -0.1) is 11.8 Å². The number of aromatic nitrogens is 3. The average molecular weight is 496 g/mol. The number of imidazole rings is 1. The molecule has 0 fully saturated rings. The van der Waals surface area contributed by atoms with Gasteiger partial charge in [-0.3, -0.25) is 9.59 Å². The Hall–Kier alpha value is -2.90. The number of rotatable bonds is 10. The Balaban J connectivity index is 1.57. The first-order chi connectivity index (χ1) is 15.6. The third kappa shape index (κ3) is 5.92. The van der Waals surface area contributed by atoms with Gasteiger partial charge in [0.2, 0.25) is 15.9 Å². The van der Waals surface area contributed by atoms with Crippen LogP contribution in [0.4, 0.5) is 5.82 Å². The quantitative estimate of drug-likeness (QED) is 0.419. The molecule has 3 rings (SSSR count). The normalized spacial score (nSPS) is 11.8. The van der Waals surface area contributed by atoms with Gasteiger partial charge in [-0.25, -0.2) is 17.7 Å². The SMILES string of the molecule is CCn1c(COC(=O)CSCC(=O)Nc2cc(C)on2)nc2cc(S(=O)(=O)N(C)C)ccc21. The number of sulfonamides is 1. The van der Waals surface area contributed by atoms with Crippen molar-refractivity contribution in [1.82, 2.24) is 19.0 Å². The van der Waals surface area contributed by atoms with Crippen molar-refractivity contribution in [3.8, 4) is 0 Å². The molecular formula is C20H25N5O6S2. The zero-order valence-corrected chi connectivity index (χ0v) is 20.3. The molecule has 2 heterocycles. The van der Waals surface area contributed by atoms with Crippen molar-refractivity contribution >= 4 is 50.5 Å². The van der Waals surface area contributed by atoms with Crippen LogP contribution < -0.4 is 5.32 Å². The number of thioether (sulfide) groups is 1. The lowest BCUT2D eigenvalue weighted by Gasteiger charge is -2.11. The van der Waals surface area contributed by atoms with Crippen molar-refractivity contribution in [2.45, 2.75) is 31.9 Å². The van der Waals surface area contributed by atoms with Crippen LogP contribution in [0.3, 0.4) is 0 Å². The summed E-state index contributed by atoms with van der Waals surface area (Å²) in [7, 11) is -0.658. The second kappa shape index (κ2) is 10.4. The molecule has 2 aromatic heterocycles. The van der Waals surface area contributed by atoms with Crippen LogP contribution in [-0.2, 0) is 37.5 Å². The molecular weight excluding hydrogens is 470 g/mol. The molecule has 0 aliphatic carbocycles. The molecule has 0 aliphatic rings. The maximum Gasteiger partial charge on any atom is 0.316 e. The molecule has 11 nitrogen and oxygen atoms in total. The summed E-state index contributed by atoms with van der Waals surface area (Å²) in [6.07, 6.45) is 0. The van der Waals surface area contributed by atoms with E-state index in [-0.39, 0.29) is 28.9 Å². The number of benzene rings is 1. The monoisotopic (exact) mass is 495 g/mol. The molecule has 1 aromatic carbocycles. The molecule has 3 aromatic rings. The number of nitrogens with one attached hydrogen (secondary N) is 1. The van der Waals surface area contributed by atoms with Crippen molar-refractivity contribution in [3.63, 3.8) is 0 Å². The predicted molar refractivity (Wildman–Crippen MR) is 123 cm³/mol. The highest BCUT2D eigenvalue weighted by atomic mass is 32.2. The minimum absolute atomic E-state index is 0.0111. The second-order valence-electron chi connectivity index (χ2n) is 7.23. The van der Waals surface area contributed by atoms with Crippen LogP contribution >= 0.6 is 11.8 Å². The number of ether oxygens (including phenoxy) is 1. The zero-order chi connectivity index (χ0) is 24.2. The van der Waals surface area contributed by atoms with E-state index >= 15 is 0 Å². The van der Waals surface area contributed by atoms with E-state index in [0.29, 0.717) is 29.5 Å². The lowest BCUT2D eigenvalue weighted by Crippen LogP contribution is -2.22. The Kier molecular flexibility index (Phi) is 7.76. The lowest BCUT2D eigenvalue weighted by molar-refractivity contribution is -0.142. The fraction of sp³-hybridized carbons (Fsp3) is 0.400. The number of carbonyl (C=O) groups excluding carboxylic acids is 2. The fourth-order valence-electron chi connectivity index (χ4n) is 3.01. The van der Waals surface area contributed by atoms with Crippen molar-refractivity contribution in [1.29, 1.82) is 0 Å². The van der Waals surface area contributed by atoms with Gasteiger partial charge in [-0.2, -0.15) is 0 Å². The number of fused-ring (bicyclic) bond motifs is 1. The summed E-state index contributed by atoms with van der Waals surface area (Å²) in [5, 5.41) is 6.24. The number of aryl methyl sites for hydroxylation is 2. The Morgan fingerprint density at radius 2 is 2.00 bits per heavy atom. The van der Waals surface area contributed by atoms with Gasteiger partial charge in [0, 0.05) is 26.7 Å². The van der Waals surface area contributed by atoms with Crippen LogP contribution in [-0.4, -0.2) is 64.9 Å². The Morgan fingerprint density at radius 3 is 2.64 bits per heavy atom. The van der Waals surface area contributed by atoms with Gasteiger partial charge in [0.25, 0.3) is 0 Å². The predicted octanol–water partition coefficient (Wildman–Crippen LogP) is 2.02. The van der Waals surface area contributed by atoms with Crippen LogP contribution in [0.5, 0.6) is 0 Å². The van der Waals surface area contributed by atoms with E-state index < -0.39 is 16.0 Å². The third-order valence-electron chi connectivity index (χ3n) is 4.60. The number of hydrogen-bond acceptors (Lipinski definition) is 9. The standard InChI is InChI=1S/C20H25N5O6S2/c1-5-25-16-7-6-14(33(28,29)24(3)4)9-15(16)21-18(25)10-30-20(27)12-32-11-19(26)22-17-8-13(2)31-23-17/h6-9H,5,10-12H2,1-4H3,(H,22,23,26). The van der Waals surface area contributed by atoms with E-state index in [0.717, 1.165) is 21.6 Å². The van der Waals surface area contributed by atoms with Gasteiger partial charge >= 0.3 is 5.97 Å².